The maximum atomic E-state index is 4.84. The van der Waals surface area contributed by atoms with Crippen LogP contribution in [0.3, 0.4) is 0 Å². The van der Waals surface area contributed by atoms with Crippen molar-refractivity contribution in [1.82, 2.24) is 9.88 Å². The molecule has 2 heteroatoms. The maximum Gasteiger partial charge on any atom is 0.0708 e. The molecule has 0 fully saturated rings. The first-order chi connectivity index (χ1) is 8.25. The third-order valence-electron chi connectivity index (χ3n) is 3.75. The zero-order chi connectivity index (χ0) is 11.8. The molecule has 0 spiro atoms. The van der Waals surface area contributed by atoms with Crippen LogP contribution in [0, 0.1) is 6.92 Å². The van der Waals surface area contributed by atoms with E-state index < -0.39 is 0 Å². The number of fused-ring (bicyclic) bond motifs is 2. The van der Waals surface area contributed by atoms with E-state index in [1.165, 1.54) is 35.2 Å². The number of para-hydroxylation sites is 1. The van der Waals surface area contributed by atoms with Crippen molar-refractivity contribution in [2.75, 3.05) is 13.6 Å². The van der Waals surface area contributed by atoms with Crippen molar-refractivity contribution in [3.8, 4) is 0 Å². The Morgan fingerprint density at radius 2 is 2.06 bits per heavy atom. The van der Waals surface area contributed by atoms with Gasteiger partial charge >= 0.3 is 0 Å². The van der Waals surface area contributed by atoms with Crippen LogP contribution >= 0.6 is 0 Å². The smallest absolute Gasteiger partial charge is 0.0708 e. The van der Waals surface area contributed by atoms with Crippen LogP contribution in [-0.2, 0) is 13.0 Å². The summed E-state index contributed by atoms with van der Waals surface area (Å²) in [6.45, 7) is 4.45. The van der Waals surface area contributed by atoms with E-state index in [0.29, 0.717) is 0 Å². The highest BCUT2D eigenvalue weighted by molar-refractivity contribution is 5.83. The van der Waals surface area contributed by atoms with Crippen molar-refractivity contribution in [3.63, 3.8) is 0 Å². The van der Waals surface area contributed by atoms with Gasteiger partial charge in [0.15, 0.2) is 0 Å². The largest absolute Gasteiger partial charge is 0.302 e. The first-order valence-corrected chi connectivity index (χ1v) is 6.31. The van der Waals surface area contributed by atoms with Gasteiger partial charge in [-0.15, -0.1) is 0 Å². The molecule has 0 unspecified atom stereocenters. The molecule has 2 heterocycles. The Morgan fingerprint density at radius 3 is 2.94 bits per heavy atom. The van der Waals surface area contributed by atoms with Gasteiger partial charge in [-0.1, -0.05) is 18.2 Å². The molecule has 2 nitrogen and oxygen atoms in total. The average Bonchev–Trinajstić information content (AvgIpc) is 2.51. The van der Waals surface area contributed by atoms with Crippen LogP contribution in [0.1, 0.15) is 23.2 Å². The summed E-state index contributed by atoms with van der Waals surface area (Å²) in [5.74, 6) is 0. The highest BCUT2D eigenvalue weighted by atomic mass is 15.1. The van der Waals surface area contributed by atoms with Gasteiger partial charge in [0.25, 0.3) is 0 Å². The zero-order valence-electron chi connectivity index (χ0n) is 10.5. The second-order valence-corrected chi connectivity index (χ2v) is 5.02. The quantitative estimate of drug-likeness (QED) is 0.686. The zero-order valence-corrected chi connectivity index (χ0v) is 10.5. The number of nitrogens with zero attached hydrogens (tertiary/aromatic N) is 2. The van der Waals surface area contributed by atoms with Gasteiger partial charge in [0.1, 0.15) is 0 Å². The molecule has 17 heavy (non-hydrogen) atoms. The molecule has 0 atom stereocenters. The van der Waals surface area contributed by atoms with E-state index in [1.807, 2.05) is 0 Å². The van der Waals surface area contributed by atoms with E-state index in [9.17, 15) is 0 Å². The summed E-state index contributed by atoms with van der Waals surface area (Å²) in [5, 5.41) is 1.31. The van der Waals surface area contributed by atoms with E-state index in [2.05, 4.69) is 43.1 Å². The van der Waals surface area contributed by atoms with Crippen LogP contribution in [0.5, 0.6) is 0 Å². The molecule has 1 aromatic heterocycles. The predicted molar refractivity (Wildman–Crippen MR) is 71.1 cm³/mol. The van der Waals surface area contributed by atoms with Gasteiger partial charge in [-0.05, 0) is 50.6 Å². The maximum absolute atomic E-state index is 4.84. The van der Waals surface area contributed by atoms with Crippen LogP contribution in [0.15, 0.2) is 24.3 Å². The van der Waals surface area contributed by atoms with Gasteiger partial charge in [-0.3, -0.25) is 4.98 Å². The lowest BCUT2D eigenvalue weighted by atomic mass is 10.0. The second kappa shape index (κ2) is 4.11. The molecule has 0 radical (unpaired) electrons. The van der Waals surface area contributed by atoms with E-state index in [1.54, 1.807) is 0 Å². The third kappa shape index (κ3) is 1.83. The summed E-state index contributed by atoms with van der Waals surface area (Å²) >= 11 is 0. The Morgan fingerprint density at radius 1 is 1.24 bits per heavy atom. The highest BCUT2D eigenvalue weighted by Crippen LogP contribution is 2.26. The number of aryl methyl sites for hydroxylation is 2. The summed E-state index contributed by atoms with van der Waals surface area (Å²) < 4.78 is 0. The number of benzene rings is 1. The lowest BCUT2D eigenvalue weighted by Gasteiger charge is -2.16. The van der Waals surface area contributed by atoms with Gasteiger partial charge in [0.05, 0.1) is 5.52 Å². The standard InChI is InChI=1S/C15H18N2/c1-11-12-6-3-4-7-14(12)16-15-8-5-9-17(2)10-13(11)15/h3-4,6-7H,5,8-10H2,1-2H3. The Kier molecular flexibility index (Phi) is 2.60. The number of aromatic nitrogens is 1. The third-order valence-corrected chi connectivity index (χ3v) is 3.75. The van der Waals surface area contributed by atoms with E-state index >= 15 is 0 Å². The van der Waals surface area contributed by atoms with Crippen molar-refractivity contribution < 1.29 is 0 Å². The minimum atomic E-state index is 1.04. The molecule has 0 aliphatic carbocycles. The molecule has 0 amide bonds. The molecule has 0 saturated heterocycles. The molecule has 3 rings (SSSR count). The Bertz CT molecular complexity index is 560. The number of pyridine rings is 1. The minimum absolute atomic E-state index is 1.04. The Balaban J connectivity index is 2.26. The van der Waals surface area contributed by atoms with Crippen LogP contribution in [-0.4, -0.2) is 23.5 Å². The SMILES string of the molecule is Cc1c2c(nc3ccccc13)CCCN(C)C2. The van der Waals surface area contributed by atoms with Crippen molar-refractivity contribution in [3.05, 3.63) is 41.1 Å². The summed E-state index contributed by atoms with van der Waals surface area (Å²) in [6.07, 6.45) is 2.33. The molecule has 0 saturated carbocycles. The van der Waals surface area contributed by atoms with Crippen molar-refractivity contribution in [2.45, 2.75) is 26.3 Å². The van der Waals surface area contributed by atoms with Crippen LogP contribution in [0.25, 0.3) is 10.9 Å². The Hall–Kier alpha value is -1.41. The fourth-order valence-electron chi connectivity index (χ4n) is 2.76. The van der Waals surface area contributed by atoms with Crippen LogP contribution in [0.4, 0.5) is 0 Å². The molecule has 1 aliphatic heterocycles. The predicted octanol–water partition coefficient (Wildman–Crippen LogP) is 2.92. The lowest BCUT2D eigenvalue weighted by Crippen LogP contribution is -2.17. The first-order valence-electron chi connectivity index (χ1n) is 6.31. The van der Waals surface area contributed by atoms with E-state index in [0.717, 1.165) is 18.5 Å². The van der Waals surface area contributed by atoms with Crippen molar-refractivity contribution in [1.29, 1.82) is 0 Å². The van der Waals surface area contributed by atoms with Crippen LogP contribution in [0.2, 0.25) is 0 Å². The summed E-state index contributed by atoms with van der Waals surface area (Å²) in [7, 11) is 2.20. The molecule has 2 aromatic rings. The van der Waals surface area contributed by atoms with Gasteiger partial charge in [0.2, 0.25) is 0 Å². The molecule has 1 aromatic carbocycles. The highest BCUT2D eigenvalue weighted by Gasteiger charge is 2.16. The molecule has 0 bridgehead atoms. The molecule has 1 aliphatic rings. The average molecular weight is 226 g/mol. The topological polar surface area (TPSA) is 16.1 Å². The van der Waals surface area contributed by atoms with Gasteiger partial charge < -0.3 is 4.90 Å². The minimum Gasteiger partial charge on any atom is -0.302 e. The van der Waals surface area contributed by atoms with Gasteiger partial charge in [0, 0.05) is 17.6 Å². The van der Waals surface area contributed by atoms with Crippen LogP contribution < -0.4 is 0 Å². The Labute approximate surface area is 102 Å². The molecule has 88 valence electrons. The second-order valence-electron chi connectivity index (χ2n) is 5.02. The lowest BCUT2D eigenvalue weighted by molar-refractivity contribution is 0.332. The number of hydrogen-bond donors (Lipinski definition) is 0. The summed E-state index contributed by atoms with van der Waals surface area (Å²) in [6, 6.07) is 8.48. The van der Waals surface area contributed by atoms with E-state index in [-0.39, 0.29) is 0 Å². The normalized spacial score (nSPS) is 16.8. The monoisotopic (exact) mass is 226 g/mol. The van der Waals surface area contributed by atoms with Crippen molar-refractivity contribution >= 4 is 10.9 Å². The van der Waals surface area contributed by atoms with Gasteiger partial charge in [-0.25, -0.2) is 0 Å². The molecule has 0 N–H and O–H groups in total. The van der Waals surface area contributed by atoms with Crippen molar-refractivity contribution in [2.24, 2.45) is 0 Å². The summed E-state index contributed by atoms with van der Waals surface area (Å²) in [5.41, 5.74) is 5.32. The first kappa shape index (κ1) is 10.7. The fourth-order valence-corrected chi connectivity index (χ4v) is 2.76. The molecular formula is C15H18N2. The van der Waals surface area contributed by atoms with Gasteiger partial charge in [-0.2, -0.15) is 0 Å². The number of rotatable bonds is 0. The van der Waals surface area contributed by atoms with E-state index in [4.69, 9.17) is 4.98 Å². The fraction of sp³-hybridized carbons (Fsp3) is 0.400. The number of hydrogen-bond acceptors (Lipinski definition) is 2. The molecular weight excluding hydrogens is 208 g/mol. The summed E-state index contributed by atoms with van der Waals surface area (Å²) in [4.78, 5) is 7.24.